The van der Waals surface area contributed by atoms with Crippen LogP contribution in [-0.2, 0) is 26.2 Å². The quantitative estimate of drug-likeness (QED) is 0.0796. The standard InChI is InChI=1S/C39H38N4O11/c1-50-30-16-10-27(11-17-30)39(26-6-4-3-5-7-26,28-12-18-31(51-2)19-13-28)53-24-34-33(44)22-35(54-34)42-23-32(36(45)41-37(42)46)40-38(47)52-21-20-25-8-14-29(15-9-25)43(48)49/h3-19,23,33-35,44H,20-22,24H2,1-2H3,(H,40,47)(H,41,45,46)/t33-,34+,35+/m0/s1. The molecule has 0 aliphatic carbocycles. The summed E-state index contributed by atoms with van der Waals surface area (Å²) >= 11 is 0. The molecule has 1 aliphatic rings. The molecule has 0 unspecified atom stereocenters. The Kier molecular flexibility index (Phi) is 11.5. The zero-order chi connectivity index (χ0) is 38.2. The van der Waals surface area contributed by atoms with Crippen LogP contribution in [0.5, 0.6) is 11.5 Å². The number of nitro groups is 1. The fourth-order valence-corrected chi connectivity index (χ4v) is 6.30. The van der Waals surface area contributed by atoms with Gasteiger partial charge in [0.15, 0.2) is 0 Å². The maximum atomic E-state index is 13.0. The van der Waals surface area contributed by atoms with Crippen LogP contribution in [-0.4, -0.2) is 65.3 Å². The maximum absolute atomic E-state index is 13.0. The third kappa shape index (κ3) is 8.18. The zero-order valence-electron chi connectivity index (χ0n) is 29.4. The lowest BCUT2D eigenvalue weighted by molar-refractivity contribution is -0.384. The van der Waals surface area contributed by atoms with Crippen LogP contribution in [0.2, 0.25) is 0 Å². The van der Waals surface area contributed by atoms with E-state index in [0.29, 0.717) is 17.1 Å². The summed E-state index contributed by atoms with van der Waals surface area (Å²) in [4.78, 5) is 50.7. The molecule has 1 aromatic heterocycles. The number of aliphatic hydroxyl groups is 1. The number of hydrogen-bond acceptors (Lipinski definition) is 11. The van der Waals surface area contributed by atoms with Gasteiger partial charge in [-0.15, -0.1) is 0 Å². The van der Waals surface area contributed by atoms with E-state index in [9.17, 15) is 29.6 Å². The van der Waals surface area contributed by atoms with Crippen LogP contribution >= 0.6 is 0 Å². The number of aliphatic hydroxyl groups excluding tert-OH is 1. The Labute approximate surface area is 308 Å². The highest BCUT2D eigenvalue weighted by Gasteiger charge is 2.42. The maximum Gasteiger partial charge on any atom is 0.411 e. The first-order chi connectivity index (χ1) is 26.1. The van der Waals surface area contributed by atoms with Gasteiger partial charge in [0.05, 0.1) is 38.5 Å². The molecule has 1 saturated heterocycles. The van der Waals surface area contributed by atoms with E-state index in [-0.39, 0.29) is 37.4 Å². The van der Waals surface area contributed by atoms with E-state index in [2.05, 4.69) is 10.3 Å². The Morgan fingerprint density at radius 1 is 0.926 bits per heavy atom. The Hall–Kier alpha value is -6.29. The number of nitrogens with zero attached hydrogens (tertiary/aromatic N) is 2. The second-order valence-corrected chi connectivity index (χ2v) is 12.4. The summed E-state index contributed by atoms with van der Waals surface area (Å²) in [7, 11) is 3.17. The van der Waals surface area contributed by atoms with Crippen molar-refractivity contribution in [1.82, 2.24) is 9.55 Å². The largest absolute Gasteiger partial charge is 0.497 e. The molecule has 5 aromatic rings. The number of nitrogens with one attached hydrogen (secondary N) is 2. The summed E-state index contributed by atoms with van der Waals surface area (Å²) in [6.45, 7) is -0.201. The molecule has 1 fully saturated rings. The van der Waals surface area contributed by atoms with E-state index in [0.717, 1.165) is 27.5 Å². The molecule has 3 N–H and O–H groups in total. The second-order valence-electron chi connectivity index (χ2n) is 12.4. The van der Waals surface area contributed by atoms with Crippen LogP contribution in [0.15, 0.2) is 119 Å². The predicted molar refractivity (Wildman–Crippen MR) is 196 cm³/mol. The number of aromatic nitrogens is 2. The summed E-state index contributed by atoms with van der Waals surface area (Å²) in [5.41, 5.74) is -0.167. The van der Waals surface area contributed by atoms with Crippen molar-refractivity contribution >= 4 is 17.5 Å². The van der Waals surface area contributed by atoms with Gasteiger partial charge in [-0.05, 0) is 46.5 Å². The third-order valence-corrected chi connectivity index (χ3v) is 9.13. The van der Waals surface area contributed by atoms with Crippen molar-refractivity contribution in [3.05, 3.63) is 163 Å². The molecular weight excluding hydrogens is 700 g/mol. The van der Waals surface area contributed by atoms with Crippen molar-refractivity contribution in [3.63, 3.8) is 0 Å². The fraction of sp³-hybridized carbons (Fsp3) is 0.256. The van der Waals surface area contributed by atoms with Crippen LogP contribution in [0.1, 0.15) is 34.9 Å². The number of H-pyrrole nitrogens is 1. The Morgan fingerprint density at radius 2 is 1.52 bits per heavy atom. The summed E-state index contributed by atoms with van der Waals surface area (Å²) in [5, 5.41) is 24.4. The predicted octanol–water partition coefficient (Wildman–Crippen LogP) is 4.91. The average Bonchev–Trinajstić information content (AvgIpc) is 3.56. The van der Waals surface area contributed by atoms with Crippen LogP contribution in [0.3, 0.4) is 0 Å². The van der Waals surface area contributed by atoms with Crippen LogP contribution in [0.4, 0.5) is 16.2 Å². The van der Waals surface area contributed by atoms with E-state index >= 15 is 0 Å². The van der Waals surface area contributed by atoms with Gasteiger partial charge in [-0.3, -0.25) is 29.8 Å². The number of amides is 1. The summed E-state index contributed by atoms with van der Waals surface area (Å²) in [6, 6.07) is 30.3. The second kappa shape index (κ2) is 16.6. The molecule has 15 heteroatoms. The normalized spacial score (nSPS) is 16.8. The number of anilines is 1. The van der Waals surface area contributed by atoms with Gasteiger partial charge in [-0.2, -0.15) is 0 Å². The number of aromatic amines is 1. The Morgan fingerprint density at radius 3 is 2.09 bits per heavy atom. The average molecular weight is 739 g/mol. The Balaban J connectivity index is 1.20. The number of rotatable bonds is 14. The van der Waals surface area contributed by atoms with Crippen LogP contribution in [0.25, 0.3) is 0 Å². The van der Waals surface area contributed by atoms with Gasteiger partial charge in [0, 0.05) is 31.2 Å². The van der Waals surface area contributed by atoms with Crippen molar-refractivity contribution in [2.45, 2.75) is 36.9 Å². The zero-order valence-corrected chi connectivity index (χ0v) is 29.4. The van der Waals surface area contributed by atoms with Gasteiger partial charge in [-0.1, -0.05) is 66.7 Å². The first-order valence-corrected chi connectivity index (χ1v) is 17.0. The monoisotopic (exact) mass is 738 g/mol. The minimum atomic E-state index is -1.19. The number of methoxy groups -OCH3 is 2. The molecule has 0 spiro atoms. The number of nitro benzene ring substituents is 1. The molecule has 4 aromatic carbocycles. The first-order valence-electron chi connectivity index (χ1n) is 17.0. The van der Waals surface area contributed by atoms with Crippen LogP contribution < -0.4 is 26.0 Å². The Bertz CT molecular complexity index is 2120. The molecule has 1 amide bonds. The lowest BCUT2D eigenvalue weighted by Crippen LogP contribution is -2.38. The molecule has 0 bridgehead atoms. The topological polar surface area (TPSA) is 193 Å². The third-order valence-electron chi connectivity index (χ3n) is 9.13. The highest BCUT2D eigenvalue weighted by atomic mass is 16.6. The lowest BCUT2D eigenvalue weighted by atomic mass is 9.80. The number of non-ortho nitro benzene ring substituents is 1. The van der Waals surface area contributed by atoms with Crippen molar-refractivity contribution < 1.29 is 38.5 Å². The van der Waals surface area contributed by atoms with Crippen molar-refractivity contribution in [2.24, 2.45) is 0 Å². The van der Waals surface area contributed by atoms with Gasteiger partial charge < -0.3 is 28.8 Å². The minimum absolute atomic E-state index is 0.0253. The molecule has 6 rings (SSSR count). The van der Waals surface area contributed by atoms with Crippen molar-refractivity contribution in [1.29, 1.82) is 0 Å². The fourth-order valence-electron chi connectivity index (χ4n) is 6.30. The first kappa shape index (κ1) is 37.5. The van der Waals surface area contributed by atoms with E-state index in [1.165, 1.54) is 12.1 Å². The molecule has 280 valence electrons. The number of carbonyl (C=O) groups excluding carboxylic acids is 1. The highest BCUT2D eigenvalue weighted by Crippen LogP contribution is 2.42. The number of ether oxygens (including phenoxy) is 5. The molecule has 1 aliphatic heterocycles. The van der Waals surface area contributed by atoms with Crippen molar-refractivity contribution in [2.75, 3.05) is 32.8 Å². The molecule has 15 nitrogen and oxygen atoms in total. The molecule has 0 radical (unpaired) electrons. The van der Waals surface area contributed by atoms with E-state index in [1.807, 2.05) is 78.9 Å². The number of carbonyl (C=O) groups is 1. The summed E-state index contributed by atoms with van der Waals surface area (Å²) in [6.07, 6.45) is -2.60. The van der Waals surface area contributed by atoms with Gasteiger partial charge in [0.25, 0.3) is 11.2 Å². The molecular formula is C39H38N4O11. The highest BCUT2D eigenvalue weighted by molar-refractivity contribution is 5.84. The number of benzene rings is 4. The number of hydrogen-bond donors (Lipinski definition) is 3. The smallest absolute Gasteiger partial charge is 0.411 e. The molecule has 54 heavy (non-hydrogen) atoms. The van der Waals surface area contributed by atoms with Gasteiger partial charge >= 0.3 is 11.8 Å². The summed E-state index contributed by atoms with van der Waals surface area (Å²) < 4.78 is 30.2. The van der Waals surface area contributed by atoms with Crippen molar-refractivity contribution in [3.8, 4) is 11.5 Å². The minimum Gasteiger partial charge on any atom is -0.497 e. The molecule has 2 heterocycles. The van der Waals surface area contributed by atoms with Crippen LogP contribution in [0, 0.1) is 10.1 Å². The van der Waals surface area contributed by atoms with Gasteiger partial charge in [0.2, 0.25) is 0 Å². The van der Waals surface area contributed by atoms with E-state index < -0.39 is 46.3 Å². The van der Waals surface area contributed by atoms with E-state index in [1.54, 1.807) is 26.4 Å². The summed E-state index contributed by atoms with van der Waals surface area (Å²) in [5.74, 6) is 1.31. The lowest BCUT2D eigenvalue weighted by Gasteiger charge is -2.37. The SMILES string of the molecule is COc1ccc(C(OC[C@H]2O[C@@H](n3cc(NC(=O)OCCc4ccc([N+](=O)[O-])cc4)c(=O)[nH]c3=O)C[C@@H]2O)(c2ccccc2)c2ccc(OC)cc2)cc1. The van der Waals surface area contributed by atoms with Gasteiger partial charge in [-0.25, -0.2) is 9.59 Å². The van der Waals surface area contributed by atoms with E-state index in [4.69, 9.17) is 23.7 Å². The van der Waals surface area contributed by atoms with Gasteiger partial charge in [0.1, 0.15) is 35.1 Å². The molecule has 3 atom stereocenters. The molecule has 0 saturated carbocycles.